The minimum Gasteiger partial charge on any atom is -0.490 e. The molecule has 1 amide bonds. The van der Waals surface area contributed by atoms with E-state index in [2.05, 4.69) is 40.8 Å². The van der Waals surface area contributed by atoms with Gasteiger partial charge in [-0.05, 0) is 100.0 Å². The van der Waals surface area contributed by atoms with Gasteiger partial charge in [-0.2, -0.15) is 0 Å². The Bertz CT molecular complexity index is 1390. The van der Waals surface area contributed by atoms with E-state index in [4.69, 9.17) is 14.2 Å². The number of carbonyl (C=O) groups is 2. The van der Waals surface area contributed by atoms with Crippen molar-refractivity contribution >= 4 is 28.9 Å². The Hall–Kier alpha value is -2.75. The fraction of sp³-hybridized carbons (Fsp3) is 0.622. The number of ether oxygens (including phenoxy) is 3. The maximum Gasteiger partial charge on any atom is 0.263 e. The van der Waals surface area contributed by atoms with Crippen LogP contribution < -0.4 is 14.4 Å². The van der Waals surface area contributed by atoms with Gasteiger partial charge in [0, 0.05) is 44.4 Å². The van der Waals surface area contributed by atoms with Crippen LogP contribution >= 0.6 is 0 Å². The van der Waals surface area contributed by atoms with Crippen LogP contribution in [0.15, 0.2) is 42.5 Å². The molecule has 6 atom stereocenters. The zero-order valence-electron chi connectivity index (χ0n) is 28.1. The van der Waals surface area contributed by atoms with Gasteiger partial charge in [-0.1, -0.05) is 44.0 Å². The molecule has 2 aromatic carbocycles. The Morgan fingerprint density at radius 2 is 2.07 bits per heavy atom. The number of hydrogen-bond donors (Lipinski definition) is 1. The predicted molar refractivity (Wildman–Crippen MR) is 183 cm³/mol. The number of rotatable bonds is 15. The highest BCUT2D eigenvalue weighted by Crippen LogP contribution is 2.49. The number of fused-ring (bicyclic) bond motifs is 3. The highest BCUT2D eigenvalue weighted by molar-refractivity contribution is 7.84. The Labute approximate surface area is 277 Å². The maximum absolute atomic E-state index is 13.4. The van der Waals surface area contributed by atoms with Crippen LogP contribution in [-0.4, -0.2) is 67.3 Å². The van der Waals surface area contributed by atoms with Crippen LogP contribution in [0, 0.1) is 11.8 Å². The van der Waals surface area contributed by atoms with E-state index in [9.17, 15) is 13.8 Å². The van der Waals surface area contributed by atoms with E-state index in [0.29, 0.717) is 31.8 Å². The first-order chi connectivity index (χ1) is 22.3. The van der Waals surface area contributed by atoms with Crippen LogP contribution in [0.2, 0.25) is 0 Å². The molecule has 8 nitrogen and oxygen atoms in total. The lowest BCUT2D eigenvalue weighted by atomic mass is 9.63. The van der Waals surface area contributed by atoms with Crippen molar-refractivity contribution in [3.05, 3.63) is 59.2 Å². The number of carbonyl (C=O) groups excluding carboxylic acids is 2. The molecule has 0 saturated heterocycles. The molecule has 4 unspecified atom stereocenters. The predicted octanol–water partition coefficient (Wildman–Crippen LogP) is 6.17. The first-order valence-corrected chi connectivity index (χ1v) is 18.4. The quantitative estimate of drug-likeness (QED) is 0.230. The summed E-state index contributed by atoms with van der Waals surface area (Å²) in [6.07, 6.45) is 9.53. The summed E-state index contributed by atoms with van der Waals surface area (Å²) in [6.45, 7) is 9.02. The number of anilines is 1. The van der Waals surface area contributed by atoms with Crippen LogP contribution in [-0.2, 0) is 37.1 Å². The lowest BCUT2D eigenvalue weighted by Gasteiger charge is -2.50. The Morgan fingerprint density at radius 3 is 2.78 bits per heavy atom. The van der Waals surface area contributed by atoms with Crippen molar-refractivity contribution in [2.24, 2.45) is 11.8 Å². The molecule has 0 aromatic heterocycles. The molecule has 1 aliphatic heterocycles. The Balaban J connectivity index is 1.48. The lowest BCUT2D eigenvalue weighted by molar-refractivity contribution is -0.154. The number of unbranched alkanes of at least 4 members (excludes halogenated alkanes) is 1. The van der Waals surface area contributed by atoms with E-state index >= 15 is 0 Å². The monoisotopic (exact) mass is 652 g/mol. The minimum absolute atomic E-state index is 0.140. The van der Waals surface area contributed by atoms with Gasteiger partial charge in [0.05, 0.1) is 17.5 Å². The van der Waals surface area contributed by atoms with Gasteiger partial charge in [0.25, 0.3) is 5.91 Å². The van der Waals surface area contributed by atoms with Gasteiger partial charge < -0.3 is 23.9 Å². The van der Waals surface area contributed by atoms with Crippen molar-refractivity contribution in [1.82, 2.24) is 4.72 Å². The number of nitrogens with zero attached hydrogens (tertiary/aromatic N) is 1. The van der Waals surface area contributed by atoms with Crippen molar-refractivity contribution in [2.45, 2.75) is 94.8 Å². The minimum atomic E-state index is -1.54. The molecule has 9 heteroatoms. The first kappa shape index (κ1) is 34.6. The molecule has 0 bridgehead atoms. The van der Waals surface area contributed by atoms with Crippen LogP contribution in [0.1, 0.15) is 93.6 Å². The number of methoxy groups -OCH3 is 1. The standard InChI is InChI=1S/C37H52N2O6S/c1-5-7-20-37(25-40,45-6-2)32-16-14-30(32)23-39-24-36(19-10-12-28-11-8-9-13-31(28)36)26-44-34-17-15-29(22-33(34)39)35(41)38-46(42)27(3)18-21-43-4/h8-9,11,13,15,17,22,25,27,30,32H,5-7,10,12,14,16,18-21,23-24,26H2,1-4H3,(H,38,41)/t27?,30?,32?,36-,37-,46?/m0/s1. The topological polar surface area (TPSA) is 94.2 Å². The number of benzene rings is 2. The third kappa shape index (κ3) is 7.21. The fourth-order valence-electron chi connectivity index (χ4n) is 7.85. The number of nitrogens with one attached hydrogen (secondary N) is 1. The van der Waals surface area contributed by atoms with Crippen molar-refractivity contribution in [2.75, 3.05) is 44.9 Å². The second-order valence-corrected chi connectivity index (χ2v) is 15.1. The molecule has 1 N–H and O–H groups in total. The van der Waals surface area contributed by atoms with Gasteiger partial charge >= 0.3 is 0 Å². The molecule has 1 spiro atoms. The Kier molecular flexibility index (Phi) is 11.6. The average Bonchev–Trinajstić information content (AvgIpc) is 3.21. The SMILES string of the molecule is CCCC[C@@](C=O)(OCC)C1CCC1CN1C[C@@]2(CCCc3ccccc32)COc2ccc(C(=O)NS(=O)C(C)CCOC)cc21. The van der Waals surface area contributed by atoms with E-state index in [1.807, 2.05) is 26.0 Å². The summed E-state index contributed by atoms with van der Waals surface area (Å²) >= 11 is 0. The largest absolute Gasteiger partial charge is 0.490 e. The molecule has 5 rings (SSSR count). The van der Waals surface area contributed by atoms with E-state index in [-0.39, 0.29) is 28.4 Å². The zero-order chi connectivity index (χ0) is 32.7. The summed E-state index contributed by atoms with van der Waals surface area (Å²) in [5.41, 5.74) is 3.09. The third-order valence-electron chi connectivity index (χ3n) is 10.6. The molecule has 2 aromatic rings. The second kappa shape index (κ2) is 15.4. The normalized spacial score (nSPS) is 24.7. The smallest absolute Gasteiger partial charge is 0.263 e. The highest BCUT2D eigenvalue weighted by atomic mass is 32.2. The second-order valence-electron chi connectivity index (χ2n) is 13.5. The lowest BCUT2D eigenvalue weighted by Crippen LogP contribution is -2.54. The number of amides is 1. The molecule has 0 radical (unpaired) electrons. The average molecular weight is 653 g/mol. The van der Waals surface area contributed by atoms with E-state index in [1.165, 1.54) is 11.1 Å². The van der Waals surface area contributed by atoms with Crippen molar-refractivity contribution in [3.8, 4) is 5.75 Å². The van der Waals surface area contributed by atoms with Crippen LogP contribution in [0.4, 0.5) is 5.69 Å². The molecule has 1 fully saturated rings. The van der Waals surface area contributed by atoms with Gasteiger partial charge in [-0.25, -0.2) is 4.21 Å². The maximum atomic E-state index is 13.4. The van der Waals surface area contributed by atoms with Gasteiger partial charge in [0.1, 0.15) is 22.3 Å². The Morgan fingerprint density at radius 1 is 1.24 bits per heavy atom. The number of aryl methyl sites for hydroxylation is 1. The van der Waals surface area contributed by atoms with Crippen molar-refractivity contribution in [1.29, 1.82) is 0 Å². The van der Waals surface area contributed by atoms with Gasteiger partial charge in [0.15, 0.2) is 6.29 Å². The zero-order valence-corrected chi connectivity index (χ0v) is 28.9. The summed E-state index contributed by atoms with van der Waals surface area (Å²) < 4.78 is 33.6. The summed E-state index contributed by atoms with van der Waals surface area (Å²) in [7, 11) is 0.0732. The molecule has 252 valence electrons. The summed E-state index contributed by atoms with van der Waals surface area (Å²) in [5, 5.41) is -0.234. The molecular formula is C37H52N2O6S. The molecule has 3 aliphatic rings. The van der Waals surface area contributed by atoms with Crippen LogP contribution in [0.25, 0.3) is 0 Å². The number of hydrogen-bond acceptors (Lipinski definition) is 7. The first-order valence-electron chi connectivity index (χ1n) is 17.2. The van der Waals surface area contributed by atoms with E-state index in [0.717, 1.165) is 82.2 Å². The summed E-state index contributed by atoms with van der Waals surface area (Å²) in [4.78, 5) is 28.5. The van der Waals surface area contributed by atoms with Crippen LogP contribution in [0.3, 0.4) is 0 Å². The highest BCUT2D eigenvalue weighted by Gasteiger charge is 2.50. The molecule has 2 aliphatic carbocycles. The van der Waals surface area contributed by atoms with Crippen LogP contribution in [0.5, 0.6) is 5.75 Å². The van der Waals surface area contributed by atoms with Crippen molar-refractivity contribution < 1.29 is 28.0 Å². The van der Waals surface area contributed by atoms with E-state index in [1.54, 1.807) is 13.2 Å². The van der Waals surface area contributed by atoms with Gasteiger partial charge in [-0.15, -0.1) is 0 Å². The summed E-state index contributed by atoms with van der Waals surface area (Å²) in [5.74, 6) is 0.785. The third-order valence-corrected chi connectivity index (χ3v) is 11.9. The van der Waals surface area contributed by atoms with Gasteiger partial charge in [0.2, 0.25) is 0 Å². The van der Waals surface area contributed by atoms with E-state index < -0.39 is 16.6 Å². The molecule has 1 saturated carbocycles. The molecule has 1 heterocycles. The fourth-order valence-corrected chi connectivity index (χ4v) is 8.66. The number of aldehydes is 1. The van der Waals surface area contributed by atoms with Crippen molar-refractivity contribution in [3.63, 3.8) is 0 Å². The van der Waals surface area contributed by atoms with Gasteiger partial charge in [-0.3, -0.25) is 9.52 Å². The molecular weight excluding hydrogens is 600 g/mol. The summed E-state index contributed by atoms with van der Waals surface area (Å²) in [6, 6.07) is 14.3. The molecule has 46 heavy (non-hydrogen) atoms.